The van der Waals surface area contributed by atoms with Crippen LogP contribution in [-0.2, 0) is 4.74 Å². The van der Waals surface area contributed by atoms with Crippen LogP contribution < -0.4 is 5.32 Å². The van der Waals surface area contributed by atoms with Crippen molar-refractivity contribution in [2.75, 3.05) is 19.6 Å². The van der Waals surface area contributed by atoms with Gasteiger partial charge in [-0.15, -0.1) is 0 Å². The Morgan fingerprint density at radius 3 is 2.47 bits per heavy atom. The maximum atomic E-state index is 6.15. The summed E-state index contributed by atoms with van der Waals surface area (Å²) < 4.78 is 6.15. The smallest absolute Gasteiger partial charge is 0.0707 e. The van der Waals surface area contributed by atoms with Gasteiger partial charge in [-0.3, -0.25) is 4.90 Å². The van der Waals surface area contributed by atoms with Crippen LogP contribution in [0.5, 0.6) is 0 Å². The minimum Gasteiger partial charge on any atom is -0.372 e. The number of likely N-dealkylation sites (N-methyl/N-ethyl adjacent to an activating group) is 1. The molecule has 1 heterocycles. The van der Waals surface area contributed by atoms with Crippen molar-refractivity contribution in [1.29, 1.82) is 0 Å². The van der Waals surface area contributed by atoms with Gasteiger partial charge in [0.1, 0.15) is 0 Å². The van der Waals surface area contributed by atoms with Crippen molar-refractivity contribution in [2.24, 2.45) is 0 Å². The summed E-state index contributed by atoms with van der Waals surface area (Å²) in [7, 11) is 0. The molecule has 17 heavy (non-hydrogen) atoms. The molecule has 0 amide bonds. The molecule has 3 fully saturated rings. The Balaban J connectivity index is 1.36. The largest absolute Gasteiger partial charge is 0.372 e. The fourth-order valence-electron chi connectivity index (χ4n) is 2.89. The van der Waals surface area contributed by atoms with Crippen molar-refractivity contribution < 1.29 is 4.74 Å². The Hall–Kier alpha value is -0.120. The molecular formula is C14H26N2O. The summed E-state index contributed by atoms with van der Waals surface area (Å²) in [5, 5.41) is 3.58. The topological polar surface area (TPSA) is 24.5 Å². The molecule has 3 nitrogen and oxygen atoms in total. The zero-order chi connectivity index (χ0) is 11.7. The average molecular weight is 238 g/mol. The average Bonchev–Trinajstić information content (AvgIpc) is 3.24. The lowest BCUT2D eigenvalue weighted by Crippen LogP contribution is -2.35. The lowest BCUT2D eigenvalue weighted by Gasteiger charge is -2.24. The van der Waals surface area contributed by atoms with Crippen molar-refractivity contribution in [2.45, 2.75) is 69.7 Å². The van der Waals surface area contributed by atoms with Crippen LogP contribution in [0.2, 0.25) is 0 Å². The molecule has 0 aromatic heterocycles. The van der Waals surface area contributed by atoms with E-state index < -0.39 is 0 Å². The number of nitrogens with zero attached hydrogens (tertiary/aromatic N) is 1. The summed E-state index contributed by atoms with van der Waals surface area (Å²) in [4.78, 5) is 2.61. The predicted molar refractivity (Wildman–Crippen MR) is 69.2 cm³/mol. The fraction of sp³-hybridized carbons (Fsp3) is 1.00. The lowest BCUT2D eigenvalue weighted by molar-refractivity contribution is 0.0225. The second-order valence-corrected chi connectivity index (χ2v) is 5.96. The van der Waals surface area contributed by atoms with Gasteiger partial charge in [0.05, 0.1) is 12.2 Å². The van der Waals surface area contributed by atoms with Gasteiger partial charge >= 0.3 is 0 Å². The molecule has 1 N–H and O–H groups in total. The molecule has 98 valence electrons. The van der Waals surface area contributed by atoms with E-state index in [0.717, 1.165) is 18.6 Å². The van der Waals surface area contributed by atoms with E-state index in [1.54, 1.807) is 0 Å². The molecule has 3 aliphatic rings. The Morgan fingerprint density at radius 2 is 1.82 bits per heavy atom. The van der Waals surface area contributed by atoms with Crippen molar-refractivity contribution >= 4 is 0 Å². The molecule has 1 saturated heterocycles. The highest BCUT2D eigenvalue weighted by molar-refractivity contribution is 4.88. The third-order valence-corrected chi connectivity index (χ3v) is 4.31. The first-order valence-electron chi connectivity index (χ1n) is 7.48. The Bertz CT molecular complexity index is 251. The van der Waals surface area contributed by atoms with Crippen LogP contribution in [0.25, 0.3) is 0 Å². The van der Waals surface area contributed by atoms with E-state index in [1.165, 1.54) is 51.6 Å². The number of nitrogens with one attached hydrogen (secondary N) is 1. The van der Waals surface area contributed by atoms with Gasteiger partial charge in [0.25, 0.3) is 0 Å². The van der Waals surface area contributed by atoms with Crippen LogP contribution in [0, 0.1) is 0 Å². The van der Waals surface area contributed by atoms with Crippen molar-refractivity contribution in [3.8, 4) is 0 Å². The quantitative estimate of drug-likeness (QED) is 0.731. The minimum atomic E-state index is 0.485. The van der Waals surface area contributed by atoms with Gasteiger partial charge in [-0.1, -0.05) is 6.92 Å². The van der Waals surface area contributed by atoms with Gasteiger partial charge in [0.2, 0.25) is 0 Å². The number of hydrogen-bond donors (Lipinski definition) is 1. The van der Waals surface area contributed by atoms with E-state index in [9.17, 15) is 0 Å². The molecule has 0 radical (unpaired) electrons. The predicted octanol–water partition coefficient (Wildman–Crippen LogP) is 1.77. The molecule has 2 aliphatic carbocycles. The van der Waals surface area contributed by atoms with Gasteiger partial charge in [-0.2, -0.15) is 0 Å². The SMILES string of the molecule is CCN(CC1CCC(CNC2CC2)O1)C1CC1. The maximum Gasteiger partial charge on any atom is 0.0707 e. The van der Waals surface area contributed by atoms with Gasteiger partial charge in [0.15, 0.2) is 0 Å². The first-order chi connectivity index (χ1) is 8.35. The van der Waals surface area contributed by atoms with Gasteiger partial charge in [-0.05, 0) is 45.1 Å². The summed E-state index contributed by atoms with van der Waals surface area (Å²) in [6, 6.07) is 1.70. The summed E-state index contributed by atoms with van der Waals surface area (Å²) >= 11 is 0. The third kappa shape index (κ3) is 3.43. The second-order valence-electron chi connectivity index (χ2n) is 5.96. The molecule has 3 heteroatoms. The van der Waals surface area contributed by atoms with E-state index in [0.29, 0.717) is 12.2 Å². The third-order valence-electron chi connectivity index (χ3n) is 4.31. The van der Waals surface area contributed by atoms with E-state index in [4.69, 9.17) is 4.74 Å². The van der Waals surface area contributed by atoms with Gasteiger partial charge < -0.3 is 10.1 Å². The van der Waals surface area contributed by atoms with Crippen LogP contribution in [0.3, 0.4) is 0 Å². The Labute approximate surface area is 105 Å². The van der Waals surface area contributed by atoms with Crippen LogP contribution in [0.1, 0.15) is 45.4 Å². The molecule has 0 bridgehead atoms. The standard InChI is InChI=1S/C14H26N2O/c1-2-16(12-5-6-12)10-14-8-7-13(17-14)9-15-11-3-4-11/h11-15H,2-10H2,1H3. The molecule has 2 saturated carbocycles. The first-order valence-corrected chi connectivity index (χ1v) is 7.48. The number of rotatable bonds is 7. The Morgan fingerprint density at radius 1 is 1.06 bits per heavy atom. The first kappa shape index (κ1) is 11.9. The summed E-state index contributed by atoms with van der Waals surface area (Å²) in [6.07, 6.45) is 9.08. The molecule has 0 aromatic carbocycles. The van der Waals surface area contributed by atoms with Crippen molar-refractivity contribution in [1.82, 2.24) is 10.2 Å². The van der Waals surface area contributed by atoms with Crippen LogP contribution >= 0.6 is 0 Å². The highest BCUT2D eigenvalue weighted by Gasteiger charge is 2.33. The zero-order valence-electron chi connectivity index (χ0n) is 11.0. The molecule has 2 atom stereocenters. The Kier molecular flexibility index (Phi) is 3.69. The monoisotopic (exact) mass is 238 g/mol. The lowest BCUT2D eigenvalue weighted by atomic mass is 10.2. The second kappa shape index (κ2) is 5.25. The molecule has 0 aromatic rings. The number of hydrogen-bond acceptors (Lipinski definition) is 3. The molecule has 3 rings (SSSR count). The fourth-order valence-corrected chi connectivity index (χ4v) is 2.89. The van der Waals surface area contributed by atoms with Crippen molar-refractivity contribution in [3.05, 3.63) is 0 Å². The molecule has 0 spiro atoms. The summed E-state index contributed by atoms with van der Waals surface area (Å²) in [6.45, 7) is 5.72. The maximum absolute atomic E-state index is 6.15. The summed E-state index contributed by atoms with van der Waals surface area (Å²) in [5.74, 6) is 0. The molecule has 1 aliphatic heterocycles. The highest BCUT2D eigenvalue weighted by atomic mass is 16.5. The van der Waals surface area contributed by atoms with Crippen LogP contribution in [-0.4, -0.2) is 48.8 Å². The van der Waals surface area contributed by atoms with E-state index in [-0.39, 0.29) is 0 Å². The summed E-state index contributed by atoms with van der Waals surface area (Å²) in [5.41, 5.74) is 0. The molecular weight excluding hydrogens is 212 g/mol. The van der Waals surface area contributed by atoms with Gasteiger partial charge in [0, 0.05) is 25.2 Å². The van der Waals surface area contributed by atoms with E-state index in [2.05, 4.69) is 17.1 Å². The van der Waals surface area contributed by atoms with E-state index in [1.807, 2.05) is 0 Å². The highest BCUT2D eigenvalue weighted by Crippen LogP contribution is 2.29. The van der Waals surface area contributed by atoms with E-state index >= 15 is 0 Å². The van der Waals surface area contributed by atoms with Crippen molar-refractivity contribution in [3.63, 3.8) is 0 Å². The minimum absolute atomic E-state index is 0.485. The number of ether oxygens (including phenoxy) is 1. The van der Waals surface area contributed by atoms with Crippen LogP contribution in [0.4, 0.5) is 0 Å². The molecule has 2 unspecified atom stereocenters. The van der Waals surface area contributed by atoms with Gasteiger partial charge in [-0.25, -0.2) is 0 Å². The van der Waals surface area contributed by atoms with Crippen LogP contribution in [0.15, 0.2) is 0 Å². The normalized spacial score (nSPS) is 33.5. The zero-order valence-corrected chi connectivity index (χ0v) is 11.0.